The number of para-hydroxylation sites is 3. The molecule has 1 heterocycles. The molecule has 0 saturated heterocycles. The zero-order valence-corrected chi connectivity index (χ0v) is 12.7. The van der Waals surface area contributed by atoms with Crippen molar-refractivity contribution in [1.82, 2.24) is 5.32 Å². The second kappa shape index (κ2) is 7.18. The topological polar surface area (TPSA) is 39.7 Å². The van der Waals surface area contributed by atoms with Gasteiger partial charge in [-0.3, -0.25) is 0 Å². The summed E-state index contributed by atoms with van der Waals surface area (Å²) in [5, 5.41) is 3.44. The van der Waals surface area contributed by atoms with E-state index in [9.17, 15) is 0 Å². The van der Waals surface area contributed by atoms with Gasteiger partial charge < -0.3 is 19.5 Å². The van der Waals surface area contributed by atoms with Crippen LogP contribution >= 0.6 is 0 Å². The predicted octanol–water partition coefficient (Wildman–Crippen LogP) is 3.01. The molecule has 0 radical (unpaired) electrons. The lowest BCUT2D eigenvalue weighted by Crippen LogP contribution is -2.31. The van der Waals surface area contributed by atoms with Crippen LogP contribution in [0.15, 0.2) is 48.5 Å². The second-order valence-electron chi connectivity index (χ2n) is 5.27. The summed E-state index contributed by atoms with van der Waals surface area (Å²) in [5.74, 6) is 2.56. The summed E-state index contributed by atoms with van der Waals surface area (Å²) in [6, 6.07) is 15.9. The van der Waals surface area contributed by atoms with Crippen LogP contribution in [-0.4, -0.2) is 26.4 Å². The van der Waals surface area contributed by atoms with Crippen LogP contribution in [0.4, 0.5) is 0 Å². The number of hydrogen-bond donors (Lipinski definition) is 1. The molecule has 0 amide bonds. The summed E-state index contributed by atoms with van der Waals surface area (Å²) in [6.45, 7) is 2.21. The van der Waals surface area contributed by atoms with E-state index in [4.69, 9.17) is 14.2 Å². The van der Waals surface area contributed by atoms with Gasteiger partial charge in [-0.2, -0.15) is 0 Å². The van der Waals surface area contributed by atoms with Crippen LogP contribution in [0, 0.1) is 0 Å². The van der Waals surface area contributed by atoms with Crippen molar-refractivity contribution in [3.63, 3.8) is 0 Å². The molecule has 0 aliphatic carbocycles. The van der Waals surface area contributed by atoms with Gasteiger partial charge in [-0.05, 0) is 18.2 Å². The summed E-state index contributed by atoms with van der Waals surface area (Å²) >= 11 is 0. The van der Waals surface area contributed by atoms with E-state index in [1.54, 1.807) is 7.11 Å². The first-order valence-electron chi connectivity index (χ1n) is 7.58. The third-order valence-electron chi connectivity index (χ3n) is 3.72. The Morgan fingerprint density at radius 3 is 2.73 bits per heavy atom. The maximum Gasteiger partial charge on any atom is 0.161 e. The minimum atomic E-state index is 0.110. The molecule has 0 fully saturated rings. The molecule has 2 aromatic carbocycles. The molecule has 22 heavy (non-hydrogen) atoms. The maximum absolute atomic E-state index is 6.03. The fraction of sp³-hybridized carbons (Fsp3) is 0.333. The highest BCUT2D eigenvalue weighted by molar-refractivity contribution is 5.40. The molecule has 4 nitrogen and oxygen atoms in total. The standard InChI is InChI=1S/C18H21NO3/c1-20-16-7-3-2-6-14(16)12-19-13-15-10-11-21-17-8-4-5-9-18(17)22-15/h2-9,15,19H,10-13H2,1H3. The van der Waals surface area contributed by atoms with Crippen LogP contribution in [-0.2, 0) is 6.54 Å². The summed E-state index contributed by atoms with van der Waals surface area (Å²) in [4.78, 5) is 0. The minimum absolute atomic E-state index is 0.110. The Balaban J connectivity index is 1.56. The Morgan fingerprint density at radius 2 is 1.86 bits per heavy atom. The van der Waals surface area contributed by atoms with Gasteiger partial charge >= 0.3 is 0 Å². The molecule has 3 rings (SSSR count). The van der Waals surface area contributed by atoms with Crippen LogP contribution in [0.2, 0.25) is 0 Å². The van der Waals surface area contributed by atoms with E-state index in [0.717, 1.165) is 42.3 Å². The van der Waals surface area contributed by atoms with E-state index >= 15 is 0 Å². The Morgan fingerprint density at radius 1 is 1.09 bits per heavy atom. The van der Waals surface area contributed by atoms with Gasteiger partial charge in [0, 0.05) is 25.1 Å². The van der Waals surface area contributed by atoms with Gasteiger partial charge in [0.2, 0.25) is 0 Å². The average molecular weight is 299 g/mol. The molecule has 1 atom stereocenters. The van der Waals surface area contributed by atoms with E-state index in [2.05, 4.69) is 11.4 Å². The average Bonchev–Trinajstić information content (AvgIpc) is 2.77. The minimum Gasteiger partial charge on any atom is -0.496 e. The molecule has 4 heteroatoms. The van der Waals surface area contributed by atoms with Crippen molar-refractivity contribution >= 4 is 0 Å². The number of rotatable bonds is 5. The van der Waals surface area contributed by atoms with Crippen molar-refractivity contribution in [2.75, 3.05) is 20.3 Å². The van der Waals surface area contributed by atoms with Crippen molar-refractivity contribution in [2.24, 2.45) is 0 Å². The molecular formula is C18H21NO3. The Labute approximate surface area is 131 Å². The van der Waals surface area contributed by atoms with Gasteiger partial charge in [0.25, 0.3) is 0 Å². The lowest BCUT2D eigenvalue weighted by Gasteiger charge is -2.17. The Bertz CT molecular complexity index is 615. The maximum atomic E-state index is 6.03. The van der Waals surface area contributed by atoms with Crippen molar-refractivity contribution < 1.29 is 14.2 Å². The molecule has 0 aromatic heterocycles. The summed E-state index contributed by atoms with van der Waals surface area (Å²) < 4.78 is 17.1. The first-order chi connectivity index (χ1) is 10.9. The second-order valence-corrected chi connectivity index (χ2v) is 5.27. The van der Waals surface area contributed by atoms with E-state index in [1.165, 1.54) is 0 Å². The number of ether oxygens (including phenoxy) is 3. The van der Waals surface area contributed by atoms with E-state index in [0.29, 0.717) is 6.61 Å². The molecule has 2 aromatic rings. The van der Waals surface area contributed by atoms with Crippen LogP contribution < -0.4 is 19.5 Å². The quantitative estimate of drug-likeness (QED) is 0.921. The molecule has 0 saturated carbocycles. The SMILES string of the molecule is COc1ccccc1CNCC1CCOc2ccccc2O1. The highest BCUT2D eigenvalue weighted by atomic mass is 16.5. The van der Waals surface area contributed by atoms with Crippen LogP contribution in [0.1, 0.15) is 12.0 Å². The summed E-state index contributed by atoms with van der Waals surface area (Å²) in [6.07, 6.45) is 0.978. The normalized spacial score (nSPS) is 16.9. The molecule has 1 N–H and O–H groups in total. The van der Waals surface area contributed by atoms with E-state index < -0.39 is 0 Å². The van der Waals surface area contributed by atoms with Crippen molar-refractivity contribution in [3.05, 3.63) is 54.1 Å². The largest absolute Gasteiger partial charge is 0.496 e. The lowest BCUT2D eigenvalue weighted by atomic mass is 10.2. The van der Waals surface area contributed by atoms with E-state index in [1.807, 2.05) is 42.5 Å². The molecule has 0 bridgehead atoms. The first kappa shape index (κ1) is 14.7. The third-order valence-corrected chi connectivity index (χ3v) is 3.72. The number of nitrogens with one attached hydrogen (secondary N) is 1. The van der Waals surface area contributed by atoms with Gasteiger partial charge in [0.05, 0.1) is 13.7 Å². The lowest BCUT2D eigenvalue weighted by molar-refractivity contribution is 0.187. The first-order valence-corrected chi connectivity index (χ1v) is 7.58. The van der Waals surface area contributed by atoms with Gasteiger partial charge in [-0.1, -0.05) is 30.3 Å². The molecule has 1 aliphatic heterocycles. The van der Waals surface area contributed by atoms with Crippen LogP contribution in [0.5, 0.6) is 17.2 Å². The van der Waals surface area contributed by atoms with Gasteiger partial charge in [0.1, 0.15) is 11.9 Å². The number of benzene rings is 2. The molecule has 0 spiro atoms. The number of hydrogen-bond acceptors (Lipinski definition) is 4. The number of fused-ring (bicyclic) bond motifs is 1. The van der Waals surface area contributed by atoms with Crippen LogP contribution in [0.25, 0.3) is 0 Å². The zero-order valence-electron chi connectivity index (χ0n) is 12.7. The monoisotopic (exact) mass is 299 g/mol. The van der Waals surface area contributed by atoms with Gasteiger partial charge in [0.15, 0.2) is 11.5 Å². The highest BCUT2D eigenvalue weighted by Gasteiger charge is 2.17. The summed E-state index contributed by atoms with van der Waals surface area (Å²) in [5.41, 5.74) is 1.15. The van der Waals surface area contributed by atoms with Gasteiger partial charge in [-0.25, -0.2) is 0 Å². The third kappa shape index (κ3) is 3.52. The Hall–Kier alpha value is -2.20. The molecule has 1 aliphatic rings. The van der Waals surface area contributed by atoms with Crippen LogP contribution in [0.3, 0.4) is 0 Å². The zero-order chi connectivity index (χ0) is 15.2. The van der Waals surface area contributed by atoms with Gasteiger partial charge in [-0.15, -0.1) is 0 Å². The highest BCUT2D eigenvalue weighted by Crippen LogP contribution is 2.30. The van der Waals surface area contributed by atoms with Crippen molar-refractivity contribution in [1.29, 1.82) is 0 Å². The number of methoxy groups -OCH3 is 1. The fourth-order valence-corrected chi connectivity index (χ4v) is 2.57. The Kier molecular flexibility index (Phi) is 4.81. The molecular weight excluding hydrogens is 278 g/mol. The molecule has 116 valence electrons. The fourth-order valence-electron chi connectivity index (χ4n) is 2.57. The smallest absolute Gasteiger partial charge is 0.161 e. The van der Waals surface area contributed by atoms with Crippen molar-refractivity contribution in [3.8, 4) is 17.2 Å². The predicted molar refractivity (Wildman–Crippen MR) is 85.7 cm³/mol. The van der Waals surface area contributed by atoms with Crippen molar-refractivity contribution in [2.45, 2.75) is 19.1 Å². The molecule has 1 unspecified atom stereocenters. The summed E-state index contributed by atoms with van der Waals surface area (Å²) in [7, 11) is 1.70. The van der Waals surface area contributed by atoms with E-state index in [-0.39, 0.29) is 6.10 Å².